The van der Waals surface area contributed by atoms with Crippen LogP contribution in [0, 0.1) is 0 Å². The predicted molar refractivity (Wildman–Crippen MR) is 122 cm³/mol. The predicted octanol–water partition coefficient (Wildman–Crippen LogP) is 3.81. The number of aromatic nitrogens is 2. The maximum absolute atomic E-state index is 5.99. The number of aliphatic imine (C=N–C) groups is 1. The molecule has 2 aromatic carbocycles. The molecule has 0 bridgehead atoms. The van der Waals surface area contributed by atoms with Crippen LogP contribution < -0.4 is 15.3 Å². The molecule has 0 saturated carbocycles. The Morgan fingerprint density at radius 1 is 1.03 bits per heavy atom. The highest BCUT2D eigenvalue weighted by Gasteiger charge is 2.34. The third-order valence-corrected chi connectivity index (χ3v) is 7.78. The molecule has 0 spiro atoms. The molecule has 3 heterocycles. The molecule has 2 aliphatic rings. The van der Waals surface area contributed by atoms with Crippen LogP contribution in [0.2, 0.25) is 0 Å². The lowest BCUT2D eigenvalue weighted by molar-refractivity contribution is 0.741. The Morgan fingerprint density at radius 2 is 1.76 bits per heavy atom. The molecule has 1 aromatic heterocycles. The molecule has 0 saturated heterocycles. The number of benzene rings is 2. The molecule has 0 amide bonds. The van der Waals surface area contributed by atoms with Gasteiger partial charge in [-0.2, -0.15) is 0 Å². The van der Waals surface area contributed by atoms with Crippen molar-refractivity contribution in [1.29, 1.82) is 0 Å². The third kappa shape index (κ3) is 3.86. The van der Waals surface area contributed by atoms with Crippen molar-refractivity contribution in [2.75, 3.05) is 5.09 Å². The maximum Gasteiger partial charge on any atom is 0.189 e. The summed E-state index contributed by atoms with van der Waals surface area (Å²) in [5.74, 6) is 2.81. The third-order valence-electron chi connectivity index (χ3n) is 5.19. The van der Waals surface area contributed by atoms with E-state index in [4.69, 9.17) is 21.8 Å². The first-order valence-electron chi connectivity index (χ1n) is 9.84. The molecule has 1 unspecified atom stereocenters. The van der Waals surface area contributed by atoms with Crippen LogP contribution in [0.25, 0.3) is 0 Å². The van der Waals surface area contributed by atoms with Crippen LogP contribution in [0.4, 0.5) is 5.82 Å². The van der Waals surface area contributed by atoms with E-state index < -0.39 is 6.49 Å². The van der Waals surface area contributed by atoms with Crippen molar-refractivity contribution in [2.24, 2.45) is 4.99 Å². The molecule has 5 rings (SSSR count). The topological polar surface area (TPSA) is 66.3 Å². The van der Waals surface area contributed by atoms with E-state index in [0.717, 1.165) is 42.6 Å². The fourth-order valence-corrected chi connectivity index (χ4v) is 6.03. The lowest BCUT2D eigenvalue weighted by Gasteiger charge is -2.32. The summed E-state index contributed by atoms with van der Waals surface area (Å²) in [5, 5.41) is 10.5. The summed E-state index contributed by atoms with van der Waals surface area (Å²) in [6.07, 6.45) is 2.13. The van der Waals surface area contributed by atoms with E-state index in [0.29, 0.717) is 13.1 Å². The molecular weight excluding hydrogens is 399 g/mol. The Labute approximate surface area is 175 Å². The van der Waals surface area contributed by atoms with E-state index in [1.54, 1.807) is 0 Å². The van der Waals surface area contributed by atoms with Gasteiger partial charge in [0, 0.05) is 19.5 Å². The second-order valence-corrected chi connectivity index (χ2v) is 10.9. The molecule has 2 aliphatic heterocycles. The van der Waals surface area contributed by atoms with Gasteiger partial charge in [0.1, 0.15) is 11.5 Å². The van der Waals surface area contributed by atoms with Crippen molar-refractivity contribution in [1.82, 2.24) is 19.7 Å². The van der Waals surface area contributed by atoms with E-state index in [-0.39, 0.29) is 0 Å². The Bertz CT molecular complexity index is 1090. The summed E-state index contributed by atoms with van der Waals surface area (Å²) in [6.45, 7) is -0.0312. The van der Waals surface area contributed by atoms with Gasteiger partial charge in [-0.05, 0) is 29.4 Å². The molecule has 8 heteroatoms. The van der Waals surface area contributed by atoms with Crippen LogP contribution in [0.3, 0.4) is 0 Å². The van der Waals surface area contributed by atoms with E-state index in [1.165, 1.54) is 11.1 Å². The zero-order chi connectivity index (χ0) is 19.7. The minimum atomic E-state index is -2.30. The normalized spacial score (nSPS) is 21.3. The molecule has 3 N–H and O–H groups in total. The summed E-state index contributed by atoms with van der Waals surface area (Å²) >= 11 is 5.99. The van der Waals surface area contributed by atoms with Crippen molar-refractivity contribution in [3.05, 3.63) is 83.3 Å². The van der Waals surface area contributed by atoms with Gasteiger partial charge in [0.15, 0.2) is 18.1 Å². The quantitative estimate of drug-likeness (QED) is 0.546. The van der Waals surface area contributed by atoms with Crippen molar-refractivity contribution in [3.8, 4) is 0 Å². The fraction of sp³-hybridized carbons (Fsp3) is 0.238. The number of hydrogen-bond donors (Lipinski definition) is 3. The molecule has 3 aromatic rings. The zero-order valence-corrected chi connectivity index (χ0v) is 17.7. The van der Waals surface area contributed by atoms with Gasteiger partial charge in [0.25, 0.3) is 0 Å². The number of fused-ring (bicyclic) bond motifs is 3. The highest BCUT2D eigenvalue weighted by atomic mass is 32.4. The Kier molecular flexibility index (Phi) is 4.96. The first-order chi connectivity index (χ1) is 14.2. The lowest BCUT2D eigenvalue weighted by Crippen LogP contribution is -2.37. The average molecular weight is 422 g/mol. The summed E-state index contributed by atoms with van der Waals surface area (Å²) in [4.78, 5) is 9.76. The SMILES string of the molecule is S=P1(NCc2ccccc2)NC(=NCc2ccccc2)c2c(nc3n2CCC3)N1. The molecule has 148 valence electrons. The van der Waals surface area contributed by atoms with Gasteiger partial charge in [-0.25, -0.2) is 4.98 Å². The largest absolute Gasteiger partial charge is 0.324 e. The number of hydrogen-bond acceptors (Lipinski definition) is 3. The number of imidazole rings is 1. The second-order valence-electron chi connectivity index (χ2n) is 7.28. The molecule has 6 nitrogen and oxygen atoms in total. The van der Waals surface area contributed by atoms with Gasteiger partial charge in [-0.1, -0.05) is 60.7 Å². The monoisotopic (exact) mass is 422 g/mol. The minimum Gasteiger partial charge on any atom is -0.324 e. The van der Waals surface area contributed by atoms with Gasteiger partial charge in [-0.3, -0.25) is 10.1 Å². The van der Waals surface area contributed by atoms with Gasteiger partial charge in [0.05, 0.1) is 6.54 Å². The number of nitrogens with one attached hydrogen (secondary N) is 3. The standard InChI is InChI=1S/C21H23N6PS/c29-28(23-15-17-10-5-2-6-11-17)25-20(22-14-16-8-3-1-4-9-16)19-21(26-28)24-18-12-7-13-27(18)19/h1-6,8-11H,7,12-15H2,(H3,22,23,25,26,29). The van der Waals surface area contributed by atoms with Crippen molar-refractivity contribution in [2.45, 2.75) is 32.5 Å². The van der Waals surface area contributed by atoms with Crippen LogP contribution in [-0.2, 0) is 37.9 Å². The van der Waals surface area contributed by atoms with E-state index >= 15 is 0 Å². The number of rotatable bonds is 5. The Hall–Kier alpha value is -2.47. The molecule has 0 aliphatic carbocycles. The van der Waals surface area contributed by atoms with Crippen molar-refractivity contribution < 1.29 is 0 Å². The van der Waals surface area contributed by atoms with Crippen LogP contribution in [0.5, 0.6) is 0 Å². The maximum atomic E-state index is 5.99. The Balaban J connectivity index is 1.45. The molecule has 1 atom stereocenters. The summed E-state index contributed by atoms with van der Waals surface area (Å²) in [5.41, 5.74) is 3.41. The highest BCUT2D eigenvalue weighted by molar-refractivity contribution is 8.13. The van der Waals surface area contributed by atoms with Crippen LogP contribution in [0.15, 0.2) is 65.7 Å². The van der Waals surface area contributed by atoms with Gasteiger partial charge >= 0.3 is 0 Å². The van der Waals surface area contributed by atoms with E-state index in [2.05, 4.69) is 44.1 Å². The number of nitrogens with zero attached hydrogens (tertiary/aromatic N) is 3. The molecule has 0 radical (unpaired) electrons. The minimum absolute atomic E-state index is 0.608. The Morgan fingerprint density at radius 3 is 2.52 bits per heavy atom. The number of aryl methyl sites for hydroxylation is 1. The lowest BCUT2D eigenvalue weighted by atomic mass is 10.2. The van der Waals surface area contributed by atoms with Crippen LogP contribution >= 0.6 is 6.49 Å². The van der Waals surface area contributed by atoms with E-state index in [1.807, 2.05) is 36.4 Å². The number of amidine groups is 1. The van der Waals surface area contributed by atoms with Gasteiger partial charge < -0.3 is 14.7 Å². The zero-order valence-electron chi connectivity index (χ0n) is 16.0. The average Bonchev–Trinajstić information content (AvgIpc) is 3.33. The fourth-order valence-electron chi connectivity index (χ4n) is 3.76. The highest BCUT2D eigenvalue weighted by Crippen LogP contribution is 2.44. The summed E-state index contributed by atoms with van der Waals surface area (Å²) in [6, 6.07) is 20.6. The second kappa shape index (κ2) is 7.75. The molecular formula is C21H23N6PS. The van der Waals surface area contributed by atoms with Gasteiger partial charge in [0.2, 0.25) is 0 Å². The first kappa shape index (κ1) is 18.6. The van der Waals surface area contributed by atoms with Crippen LogP contribution in [0.1, 0.15) is 29.1 Å². The van der Waals surface area contributed by atoms with Crippen molar-refractivity contribution in [3.63, 3.8) is 0 Å². The number of anilines is 1. The van der Waals surface area contributed by atoms with E-state index in [9.17, 15) is 0 Å². The molecule has 0 fully saturated rings. The first-order valence-corrected chi connectivity index (χ1v) is 12.6. The van der Waals surface area contributed by atoms with Crippen LogP contribution in [-0.4, -0.2) is 15.4 Å². The summed E-state index contributed by atoms with van der Waals surface area (Å²) in [7, 11) is 0. The smallest absolute Gasteiger partial charge is 0.189 e. The van der Waals surface area contributed by atoms with Crippen molar-refractivity contribution >= 4 is 30.0 Å². The summed E-state index contributed by atoms with van der Waals surface area (Å²) < 4.78 is 2.27. The van der Waals surface area contributed by atoms with Gasteiger partial charge in [-0.15, -0.1) is 0 Å². The molecule has 29 heavy (non-hydrogen) atoms.